The van der Waals surface area contributed by atoms with E-state index in [2.05, 4.69) is 82.9 Å². The summed E-state index contributed by atoms with van der Waals surface area (Å²) in [4.78, 5) is 38.7. The molecule has 0 spiro atoms. The second-order valence-electron chi connectivity index (χ2n) is 15.6. The van der Waals surface area contributed by atoms with Crippen LogP contribution < -0.4 is 33.1 Å². The summed E-state index contributed by atoms with van der Waals surface area (Å²) in [5, 5.41) is 0.326. The van der Waals surface area contributed by atoms with Crippen molar-refractivity contribution in [3.63, 3.8) is 0 Å². The third-order valence-corrected chi connectivity index (χ3v) is 20.8. The maximum atomic E-state index is 11.1. The van der Waals surface area contributed by atoms with Crippen molar-refractivity contribution in [3.8, 4) is 0 Å². The summed E-state index contributed by atoms with van der Waals surface area (Å²) in [6, 6.07) is 9.85. The monoisotopic (exact) mass is 1190 g/mol. The second-order valence-corrected chi connectivity index (χ2v) is 27.6. The van der Waals surface area contributed by atoms with Crippen LogP contribution in [-0.2, 0) is 116 Å². The zero-order valence-electron chi connectivity index (χ0n) is 38.9. The van der Waals surface area contributed by atoms with Crippen LogP contribution in [0.3, 0.4) is 0 Å². The van der Waals surface area contributed by atoms with Gasteiger partial charge in [0.25, 0.3) is 30.1 Å². The van der Waals surface area contributed by atoms with Crippen LogP contribution in [0.15, 0.2) is 146 Å². The highest BCUT2D eigenvalue weighted by molar-refractivity contribution is 7.91. The molecule has 0 saturated carbocycles. The topological polar surface area (TPSA) is 452 Å². The summed E-state index contributed by atoms with van der Waals surface area (Å²) in [7, 11) is -22.8. The van der Waals surface area contributed by atoms with Crippen LogP contribution in [0.5, 0.6) is 0 Å². The molecule has 0 radical (unpaired) electrons. The Morgan fingerprint density at radius 3 is 1.39 bits per heavy atom. The van der Waals surface area contributed by atoms with Crippen LogP contribution in [0, 0.1) is 0 Å². The smallest absolute Gasteiger partial charge is 0.260 e. The number of rotatable bonds is 0. The minimum Gasteiger partial charge on any atom is -0.264 e. The largest absolute Gasteiger partial charge is 0.264 e. The lowest BCUT2D eigenvalue weighted by atomic mass is 10.3. The van der Waals surface area contributed by atoms with Gasteiger partial charge in [-0.2, -0.15) is 0 Å². The molecule has 0 atom stereocenters. The van der Waals surface area contributed by atoms with Crippen molar-refractivity contribution < 1.29 is 58.9 Å². The molecule has 77 heavy (non-hydrogen) atoms. The van der Waals surface area contributed by atoms with Gasteiger partial charge in [-0.25, -0.2) is 122 Å². The van der Waals surface area contributed by atoms with Crippen molar-refractivity contribution >= 4 is 70.2 Å². The molecular weight excluding hydrogens is 1160 g/mol. The van der Waals surface area contributed by atoms with Gasteiger partial charge < -0.3 is 0 Å². The molecule has 7 N–H and O–H groups in total. The van der Waals surface area contributed by atoms with Gasteiger partial charge >= 0.3 is 0 Å². The predicted octanol–water partition coefficient (Wildman–Crippen LogP) is -2.70. The summed E-state index contributed by atoms with van der Waals surface area (Å²) in [5.74, 6) is 0. The first-order chi connectivity index (χ1) is 36.4. The van der Waals surface area contributed by atoms with Crippen molar-refractivity contribution in [1.82, 2.24) is 82.9 Å². The minimum atomic E-state index is -3.33. The third-order valence-electron chi connectivity index (χ3n) is 10.7. The standard InChI is InChI=1S/4C6H6N2O2S.3C5H5N3O2S/c9-11(10)6-1-2-7-3-5(6)4-8-11;9-11(10)6-4-7-2-1-5(6)3-8-11;9-11(10)6-2-1-3-7-5(6)4-8-11;9-11(10)6-5(4-8-11)2-1-3-7-6;9-11(10)5-2-6-3-7-4(5)1-8-11;9-11(10)5-4(2-8-11)1-6-3-7-5;9-11(10)5-4(3-8-11)6-1-2-7-5/h1-3,8H,4H2;1-2,4,8H,3H2;2*1-3,8H,4H2;2-3,8H,1H2;1,3,8H,2H2;1-2,8H,3H2. The number of nitrogens with one attached hydrogen (secondary N) is 7. The van der Waals surface area contributed by atoms with Gasteiger partial charge in [0.1, 0.15) is 27.3 Å². The molecule has 14 rings (SSSR count). The minimum absolute atomic E-state index is 0.0556. The van der Waals surface area contributed by atoms with Gasteiger partial charge in [-0.15, -0.1) is 0 Å². The number of fused-ring (bicyclic) bond motifs is 7. The van der Waals surface area contributed by atoms with E-state index in [1.165, 1.54) is 62.1 Å². The molecule has 0 aromatic carbocycles. The number of nitrogens with zero attached hydrogens (tertiary/aromatic N) is 10. The van der Waals surface area contributed by atoms with Crippen molar-refractivity contribution in [2.75, 3.05) is 0 Å². The summed E-state index contributed by atoms with van der Waals surface area (Å²) < 4.78 is 172. The van der Waals surface area contributed by atoms with Gasteiger partial charge in [0.05, 0.1) is 47.8 Å². The van der Waals surface area contributed by atoms with Crippen molar-refractivity contribution in [2.45, 2.75) is 80.5 Å². The Labute approximate surface area is 440 Å². The SMILES string of the molecule is O=S1(=O)NCc2cccnc21.O=S1(=O)NCc2ccncc21.O=S1(=O)NCc2cnccc21.O=S1(=O)NCc2cncnc21.O=S1(=O)NCc2ncccc21.O=S1(=O)NCc2nccnc21.O=S1(=O)NCc2ncncc21. The molecule has 0 aliphatic carbocycles. The highest BCUT2D eigenvalue weighted by Gasteiger charge is 2.31. The first-order valence-corrected chi connectivity index (χ1v) is 31.9. The van der Waals surface area contributed by atoms with Gasteiger partial charge in [0, 0.05) is 98.6 Å². The number of sulfonamides is 7. The fourth-order valence-corrected chi connectivity index (χ4v) is 15.1. The molecule has 31 nitrogen and oxygen atoms in total. The highest BCUT2D eigenvalue weighted by Crippen LogP contribution is 2.23. The molecule has 0 bridgehead atoms. The Bertz CT molecular complexity index is 3460. The third kappa shape index (κ3) is 13.1. The zero-order chi connectivity index (χ0) is 55.3. The van der Waals surface area contributed by atoms with E-state index < -0.39 is 70.2 Å². The number of hydrogen-bond acceptors (Lipinski definition) is 24. The van der Waals surface area contributed by atoms with Crippen LogP contribution in [0.2, 0.25) is 0 Å². The molecule has 38 heteroatoms. The van der Waals surface area contributed by atoms with E-state index >= 15 is 0 Å². The lowest BCUT2D eigenvalue weighted by molar-refractivity contribution is 0.585. The Morgan fingerprint density at radius 1 is 0.286 bits per heavy atom. The van der Waals surface area contributed by atoms with E-state index in [4.69, 9.17) is 0 Å². The molecule has 0 amide bonds. The zero-order valence-corrected chi connectivity index (χ0v) is 44.6. The van der Waals surface area contributed by atoms with Gasteiger partial charge in [-0.1, -0.05) is 6.07 Å². The molecule has 7 aromatic rings. The van der Waals surface area contributed by atoms with Crippen LogP contribution in [-0.4, -0.2) is 109 Å². The average molecular weight is 1190 g/mol. The van der Waals surface area contributed by atoms with Gasteiger partial charge in [0.15, 0.2) is 15.1 Å². The second kappa shape index (κ2) is 22.7. The lowest BCUT2D eigenvalue weighted by Crippen LogP contribution is -2.14. The molecule has 7 aliphatic rings. The summed E-state index contributed by atoms with van der Waals surface area (Å²) in [5.41, 5.74) is 4.55. The number of hydrogen-bond donors (Lipinski definition) is 7. The Hall–Kier alpha value is -6.79. The van der Waals surface area contributed by atoms with Crippen molar-refractivity contribution in [2.24, 2.45) is 0 Å². The molecular formula is C39H39N17O14S7. The molecule has 406 valence electrons. The Morgan fingerprint density at radius 2 is 0.727 bits per heavy atom. The Kier molecular flexibility index (Phi) is 16.6. The fourth-order valence-electron chi connectivity index (χ4n) is 7.01. The molecule has 0 saturated heterocycles. The van der Waals surface area contributed by atoms with E-state index in [1.54, 1.807) is 48.9 Å². The summed E-state index contributed by atoms with van der Waals surface area (Å²) >= 11 is 0. The molecule has 7 aromatic heterocycles. The molecule has 0 unspecified atom stereocenters. The average Bonchev–Trinajstić information content (AvgIpc) is 4.29. The van der Waals surface area contributed by atoms with E-state index in [0.717, 1.165) is 16.7 Å². The van der Waals surface area contributed by atoms with Crippen LogP contribution >= 0.6 is 0 Å². The van der Waals surface area contributed by atoms with E-state index in [-0.39, 0.29) is 33.1 Å². The fraction of sp³-hybridized carbons (Fsp3) is 0.179. The lowest BCUT2D eigenvalue weighted by Gasteiger charge is -1.92. The van der Waals surface area contributed by atoms with Crippen molar-refractivity contribution in [3.05, 3.63) is 150 Å². The van der Waals surface area contributed by atoms with Gasteiger partial charge in [-0.3, -0.25) is 19.9 Å². The first kappa shape index (κ1) is 56.4. The first-order valence-electron chi connectivity index (χ1n) is 21.5. The van der Waals surface area contributed by atoms with Crippen LogP contribution in [0.4, 0.5) is 0 Å². The molecule has 14 heterocycles. The van der Waals surface area contributed by atoms with E-state index in [0.29, 0.717) is 70.1 Å². The summed E-state index contributed by atoms with van der Waals surface area (Å²) in [6.45, 7) is 2.28. The maximum absolute atomic E-state index is 11.1. The quantitative estimate of drug-likeness (QED) is 0.0760. The molecule has 7 aliphatic heterocycles. The molecule has 0 fully saturated rings. The highest BCUT2D eigenvalue weighted by atomic mass is 32.2. The van der Waals surface area contributed by atoms with Crippen molar-refractivity contribution in [1.29, 1.82) is 0 Å². The van der Waals surface area contributed by atoms with E-state index in [9.17, 15) is 58.9 Å². The number of pyridine rings is 4. The predicted molar refractivity (Wildman–Crippen MR) is 261 cm³/mol. The normalized spacial score (nSPS) is 19.6. The Balaban J connectivity index is 0.000000119. The van der Waals surface area contributed by atoms with Gasteiger partial charge in [0.2, 0.25) is 40.1 Å². The van der Waals surface area contributed by atoms with Gasteiger partial charge in [-0.05, 0) is 35.9 Å². The van der Waals surface area contributed by atoms with Crippen LogP contribution in [0.25, 0.3) is 0 Å². The maximum Gasteiger partial charge on any atom is 0.260 e. The van der Waals surface area contributed by atoms with Crippen LogP contribution in [0.1, 0.15) is 39.3 Å². The van der Waals surface area contributed by atoms with E-state index in [1.807, 2.05) is 0 Å². The summed E-state index contributed by atoms with van der Waals surface area (Å²) in [6.07, 6.45) is 17.3. The number of aromatic nitrogens is 10.